The Bertz CT molecular complexity index is 155. The third-order valence-corrected chi connectivity index (χ3v) is 3.42. The number of aliphatic hydroxyl groups excluding tert-OH is 1. The van der Waals surface area contributed by atoms with Crippen molar-refractivity contribution >= 4 is 0 Å². The van der Waals surface area contributed by atoms with Gasteiger partial charge < -0.3 is 5.11 Å². The van der Waals surface area contributed by atoms with Crippen LogP contribution < -0.4 is 5.43 Å². The summed E-state index contributed by atoms with van der Waals surface area (Å²) in [6.45, 7) is 2.13. The van der Waals surface area contributed by atoms with Gasteiger partial charge in [0.05, 0.1) is 6.10 Å². The second kappa shape index (κ2) is 1.97. The van der Waals surface area contributed by atoms with Gasteiger partial charge in [-0.15, -0.1) is 0 Å². The first-order valence-corrected chi connectivity index (χ1v) is 4.52. The van der Waals surface area contributed by atoms with E-state index in [1.54, 1.807) is 0 Å². The summed E-state index contributed by atoms with van der Waals surface area (Å²) in [6, 6.07) is 0.677. The van der Waals surface area contributed by atoms with Crippen LogP contribution >= 0.6 is 0 Å². The molecule has 11 heavy (non-hydrogen) atoms. The van der Waals surface area contributed by atoms with Crippen LogP contribution in [0.2, 0.25) is 0 Å². The summed E-state index contributed by atoms with van der Waals surface area (Å²) in [5.41, 5.74) is 3.46. The fraction of sp³-hybridized carbons (Fsp3) is 1.00. The van der Waals surface area contributed by atoms with E-state index in [9.17, 15) is 5.11 Å². The summed E-state index contributed by atoms with van der Waals surface area (Å²) >= 11 is 0. The first kappa shape index (κ1) is 6.40. The van der Waals surface area contributed by atoms with E-state index in [-0.39, 0.29) is 6.10 Å². The van der Waals surface area contributed by atoms with E-state index >= 15 is 0 Å². The Morgan fingerprint density at radius 2 is 1.82 bits per heavy atom. The van der Waals surface area contributed by atoms with Gasteiger partial charge in [-0.3, -0.25) is 5.43 Å². The van der Waals surface area contributed by atoms with Crippen molar-refractivity contribution in [3.63, 3.8) is 0 Å². The molecule has 1 aliphatic carbocycles. The van der Waals surface area contributed by atoms with Crippen LogP contribution in [0, 0.1) is 11.8 Å². The monoisotopic (exact) mass is 154 g/mol. The third-order valence-electron chi connectivity index (χ3n) is 3.42. The van der Waals surface area contributed by atoms with Crippen molar-refractivity contribution in [2.75, 3.05) is 13.1 Å². The topological polar surface area (TPSA) is 35.5 Å². The minimum atomic E-state index is 0.00426. The minimum Gasteiger partial charge on any atom is -0.392 e. The third kappa shape index (κ3) is 0.789. The maximum atomic E-state index is 9.77. The molecule has 4 fully saturated rings. The number of nitrogens with one attached hydrogen (secondary N) is 1. The zero-order chi connectivity index (χ0) is 7.42. The lowest BCUT2D eigenvalue weighted by Gasteiger charge is -2.54. The summed E-state index contributed by atoms with van der Waals surface area (Å²) < 4.78 is 0. The molecule has 3 heteroatoms. The second-order valence-corrected chi connectivity index (χ2v) is 4.21. The molecule has 0 spiro atoms. The highest BCUT2D eigenvalue weighted by Crippen LogP contribution is 2.38. The predicted molar refractivity (Wildman–Crippen MR) is 40.7 cm³/mol. The highest BCUT2D eigenvalue weighted by atomic mass is 16.3. The summed E-state index contributed by atoms with van der Waals surface area (Å²) in [4.78, 5) is 0. The highest BCUT2D eigenvalue weighted by molar-refractivity contribution is 4.98. The van der Waals surface area contributed by atoms with Gasteiger partial charge in [-0.25, -0.2) is 5.01 Å². The molecule has 2 unspecified atom stereocenters. The lowest BCUT2D eigenvalue weighted by atomic mass is 9.72. The molecule has 4 aliphatic rings. The zero-order valence-corrected chi connectivity index (χ0v) is 6.53. The molecule has 3 saturated heterocycles. The maximum absolute atomic E-state index is 9.77. The normalized spacial score (nSPS) is 60.3. The fourth-order valence-corrected chi connectivity index (χ4v) is 2.97. The van der Waals surface area contributed by atoms with Crippen LogP contribution in [0.15, 0.2) is 0 Å². The van der Waals surface area contributed by atoms with Gasteiger partial charge in [0.15, 0.2) is 0 Å². The van der Waals surface area contributed by atoms with E-state index in [4.69, 9.17) is 0 Å². The van der Waals surface area contributed by atoms with Crippen molar-refractivity contribution in [2.24, 2.45) is 11.8 Å². The van der Waals surface area contributed by atoms with Crippen molar-refractivity contribution < 1.29 is 5.11 Å². The average Bonchev–Trinajstić information content (AvgIpc) is 1.98. The summed E-state index contributed by atoms with van der Waals surface area (Å²) in [7, 11) is 0. The van der Waals surface area contributed by atoms with Crippen LogP contribution in [0.3, 0.4) is 0 Å². The molecular weight excluding hydrogens is 140 g/mol. The molecule has 3 heterocycles. The molecule has 3 aliphatic heterocycles. The molecule has 0 amide bonds. The van der Waals surface area contributed by atoms with Crippen molar-refractivity contribution in [2.45, 2.75) is 25.0 Å². The SMILES string of the molecule is OC1C2CC3CC1CN(C2)N3. The smallest absolute Gasteiger partial charge is 0.0623 e. The largest absolute Gasteiger partial charge is 0.392 e. The number of piperidine rings is 1. The van der Waals surface area contributed by atoms with E-state index in [0.717, 1.165) is 13.1 Å². The van der Waals surface area contributed by atoms with Gasteiger partial charge in [0.25, 0.3) is 0 Å². The molecular formula is C8H14N2O. The minimum absolute atomic E-state index is 0.00426. The van der Waals surface area contributed by atoms with Gasteiger partial charge in [0.1, 0.15) is 0 Å². The van der Waals surface area contributed by atoms with Crippen molar-refractivity contribution in [1.29, 1.82) is 0 Å². The van der Waals surface area contributed by atoms with E-state index in [1.807, 2.05) is 0 Å². The number of aliphatic hydroxyl groups is 1. The quantitative estimate of drug-likeness (QED) is 0.497. The highest BCUT2D eigenvalue weighted by Gasteiger charge is 2.46. The predicted octanol–water partition coefficient (Wildman–Crippen LogP) is -0.424. The van der Waals surface area contributed by atoms with E-state index in [0.29, 0.717) is 17.9 Å². The number of nitrogens with zero attached hydrogens (tertiary/aromatic N) is 1. The van der Waals surface area contributed by atoms with Gasteiger partial charge >= 0.3 is 0 Å². The number of hydrogen-bond donors (Lipinski definition) is 2. The van der Waals surface area contributed by atoms with E-state index in [2.05, 4.69) is 10.4 Å². The Hall–Kier alpha value is -0.120. The molecule has 3 nitrogen and oxygen atoms in total. The van der Waals surface area contributed by atoms with Crippen LogP contribution in [-0.4, -0.2) is 35.4 Å². The van der Waals surface area contributed by atoms with Gasteiger partial charge in [-0.2, -0.15) is 0 Å². The molecule has 0 aromatic rings. The number of rotatable bonds is 0. The molecule has 0 aromatic heterocycles. The molecule has 4 rings (SSSR count). The molecule has 2 atom stereocenters. The summed E-state index contributed by atoms with van der Waals surface area (Å²) in [5, 5.41) is 12.1. The van der Waals surface area contributed by atoms with Crippen LogP contribution in [0.25, 0.3) is 0 Å². The van der Waals surface area contributed by atoms with Crippen molar-refractivity contribution in [1.82, 2.24) is 10.4 Å². The first-order chi connectivity index (χ1) is 5.33. The van der Waals surface area contributed by atoms with Crippen LogP contribution in [0.1, 0.15) is 12.8 Å². The lowest BCUT2D eigenvalue weighted by molar-refractivity contribution is -0.126. The van der Waals surface area contributed by atoms with Crippen LogP contribution in [-0.2, 0) is 0 Å². The van der Waals surface area contributed by atoms with Gasteiger partial charge in [-0.05, 0) is 12.8 Å². The molecule has 0 radical (unpaired) electrons. The molecule has 62 valence electrons. The Labute approximate surface area is 66.4 Å². The molecule has 2 N–H and O–H groups in total. The Morgan fingerprint density at radius 1 is 1.18 bits per heavy atom. The van der Waals surface area contributed by atoms with Gasteiger partial charge in [-0.1, -0.05) is 0 Å². The Balaban J connectivity index is 1.91. The maximum Gasteiger partial charge on any atom is 0.0623 e. The van der Waals surface area contributed by atoms with Crippen LogP contribution in [0.5, 0.6) is 0 Å². The molecule has 0 aromatic carbocycles. The lowest BCUT2D eigenvalue weighted by Crippen LogP contribution is -2.67. The average molecular weight is 154 g/mol. The summed E-state index contributed by atoms with van der Waals surface area (Å²) in [6.07, 6.45) is 2.38. The number of hydrogen-bond acceptors (Lipinski definition) is 3. The van der Waals surface area contributed by atoms with E-state index < -0.39 is 0 Å². The Kier molecular flexibility index (Phi) is 1.15. The van der Waals surface area contributed by atoms with Crippen LogP contribution in [0.4, 0.5) is 0 Å². The van der Waals surface area contributed by atoms with Gasteiger partial charge in [0.2, 0.25) is 0 Å². The second-order valence-electron chi connectivity index (χ2n) is 4.21. The van der Waals surface area contributed by atoms with Crippen molar-refractivity contribution in [3.05, 3.63) is 0 Å². The Morgan fingerprint density at radius 3 is 2.36 bits per heavy atom. The first-order valence-electron chi connectivity index (χ1n) is 4.52. The molecule has 4 bridgehead atoms. The number of hydrazine groups is 1. The summed E-state index contributed by atoms with van der Waals surface area (Å²) in [5.74, 6) is 1.13. The van der Waals surface area contributed by atoms with Crippen molar-refractivity contribution in [3.8, 4) is 0 Å². The van der Waals surface area contributed by atoms with Gasteiger partial charge in [0, 0.05) is 31.0 Å². The standard InChI is InChI=1S/C8H14N2O/c11-8-5-1-7-2-6(8)4-10(3-5)9-7/h5-9,11H,1-4H2. The van der Waals surface area contributed by atoms with E-state index in [1.165, 1.54) is 12.8 Å². The molecule has 1 saturated carbocycles. The fourth-order valence-electron chi connectivity index (χ4n) is 2.97. The zero-order valence-electron chi connectivity index (χ0n) is 6.53.